The normalized spacial score (nSPS) is 13.0. The van der Waals surface area contributed by atoms with E-state index >= 15 is 0 Å². The van der Waals surface area contributed by atoms with Gasteiger partial charge in [0, 0.05) is 23.2 Å². The van der Waals surface area contributed by atoms with Crippen molar-refractivity contribution in [2.75, 3.05) is 13.1 Å². The van der Waals surface area contributed by atoms with Crippen LogP contribution in [0.15, 0.2) is 36.0 Å². The first-order valence-corrected chi connectivity index (χ1v) is 9.31. The summed E-state index contributed by atoms with van der Waals surface area (Å²) in [5, 5.41) is 5.42. The number of hydrogen-bond donors (Lipinski definition) is 3. The van der Waals surface area contributed by atoms with Crippen molar-refractivity contribution in [3.8, 4) is 0 Å². The average molecular weight is 330 g/mol. The Morgan fingerprint density at radius 2 is 1.58 bits per heavy atom. The molecule has 0 heterocycles. The molecule has 24 heavy (non-hydrogen) atoms. The third-order valence-electron chi connectivity index (χ3n) is 4.24. The minimum absolute atomic E-state index is 0.767. The van der Waals surface area contributed by atoms with Gasteiger partial charge in [0.25, 0.3) is 0 Å². The van der Waals surface area contributed by atoms with Gasteiger partial charge in [0.2, 0.25) is 0 Å². The van der Waals surface area contributed by atoms with E-state index in [0.29, 0.717) is 0 Å². The second-order valence-corrected chi connectivity index (χ2v) is 6.48. The van der Waals surface area contributed by atoms with E-state index in [0.717, 1.165) is 34.9 Å². The van der Waals surface area contributed by atoms with E-state index in [-0.39, 0.29) is 0 Å². The van der Waals surface area contributed by atoms with Gasteiger partial charge >= 0.3 is 0 Å². The lowest BCUT2D eigenvalue weighted by molar-refractivity contribution is 0.563. The molecule has 5 N–H and O–H groups in total. The zero-order valence-corrected chi connectivity index (χ0v) is 15.3. The summed E-state index contributed by atoms with van der Waals surface area (Å²) in [5.41, 5.74) is 13.5. The molecule has 0 bridgehead atoms. The summed E-state index contributed by atoms with van der Waals surface area (Å²) in [4.78, 5) is 0. The van der Waals surface area contributed by atoms with Crippen LogP contribution in [0.2, 0.25) is 0 Å². The molecule has 0 saturated carbocycles. The summed E-state index contributed by atoms with van der Waals surface area (Å²) >= 11 is 0. The Morgan fingerprint density at radius 1 is 1.00 bits per heavy atom. The summed E-state index contributed by atoms with van der Waals surface area (Å²) in [6.07, 6.45) is 12.3. The number of nitrogens with two attached hydrogens (primary N) is 2. The lowest BCUT2D eigenvalue weighted by Gasteiger charge is -2.07. The molecule has 0 aromatic heterocycles. The number of rotatable bonds is 12. The van der Waals surface area contributed by atoms with Gasteiger partial charge in [-0.3, -0.25) is 0 Å². The van der Waals surface area contributed by atoms with Crippen LogP contribution in [-0.2, 0) is 0 Å². The van der Waals surface area contributed by atoms with E-state index in [1.165, 1.54) is 51.4 Å². The lowest BCUT2D eigenvalue weighted by Crippen LogP contribution is -2.27. The van der Waals surface area contributed by atoms with Crippen molar-refractivity contribution < 1.29 is 0 Å². The summed E-state index contributed by atoms with van der Waals surface area (Å²) < 4.78 is 0. The van der Waals surface area contributed by atoms with Crippen LogP contribution < -0.4 is 27.2 Å². The molecule has 0 radical (unpaired) electrons. The van der Waals surface area contributed by atoms with Gasteiger partial charge in [-0.1, -0.05) is 69.4 Å². The maximum atomic E-state index is 6.17. The van der Waals surface area contributed by atoms with Crippen molar-refractivity contribution in [1.82, 2.24) is 5.32 Å². The first-order valence-electron chi connectivity index (χ1n) is 9.31. The fourth-order valence-corrected chi connectivity index (χ4v) is 2.78. The molecule has 1 aromatic rings. The van der Waals surface area contributed by atoms with Gasteiger partial charge in [0.05, 0.1) is 0 Å². The molecule has 0 aliphatic heterocycles. The van der Waals surface area contributed by atoms with Crippen molar-refractivity contribution in [3.05, 3.63) is 46.5 Å². The predicted molar refractivity (Wildman–Crippen MR) is 107 cm³/mol. The monoisotopic (exact) mass is 329 g/mol. The quantitative estimate of drug-likeness (QED) is 0.517. The second-order valence-electron chi connectivity index (χ2n) is 6.48. The maximum Gasteiger partial charge on any atom is 0.0410 e. The molecule has 3 nitrogen and oxygen atoms in total. The Morgan fingerprint density at radius 3 is 2.21 bits per heavy atom. The predicted octanol–water partition coefficient (Wildman–Crippen LogP) is 2.74. The Bertz CT molecular complexity index is 589. The molecule has 0 atom stereocenters. The zero-order chi connectivity index (χ0) is 17.6. The highest BCUT2D eigenvalue weighted by Crippen LogP contribution is 2.08. The average Bonchev–Trinajstić information content (AvgIpc) is 2.57. The van der Waals surface area contributed by atoms with Crippen LogP contribution in [0.25, 0.3) is 12.3 Å². The Balaban J connectivity index is 2.20. The molecular weight excluding hydrogens is 294 g/mol. The van der Waals surface area contributed by atoms with Gasteiger partial charge < -0.3 is 16.8 Å². The Labute approximate surface area is 147 Å². The van der Waals surface area contributed by atoms with Crippen molar-refractivity contribution >= 4 is 12.3 Å². The Kier molecular flexibility index (Phi) is 10.7. The zero-order valence-electron chi connectivity index (χ0n) is 15.3. The largest absolute Gasteiger partial charge is 0.398 e. The fraction of sp³-hybridized carbons (Fsp3) is 0.524. The van der Waals surface area contributed by atoms with Gasteiger partial charge in [-0.05, 0) is 37.6 Å². The molecule has 1 rings (SSSR count). The van der Waals surface area contributed by atoms with Gasteiger partial charge in [0.1, 0.15) is 0 Å². The van der Waals surface area contributed by atoms with Crippen LogP contribution in [0.4, 0.5) is 0 Å². The summed E-state index contributed by atoms with van der Waals surface area (Å²) in [6.45, 7) is 7.93. The highest BCUT2D eigenvalue weighted by molar-refractivity contribution is 5.54. The maximum absolute atomic E-state index is 6.17. The highest BCUT2D eigenvalue weighted by atomic mass is 14.9. The number of unbranched alkanes of at least 4 members (excludes halogenated alkanes) is 7. The molecular formula is C21H35N3. The third kappa shape index (κ3) is 8.78. The van der Waals surface area contributed by atoms with E-state index in [4.69, 9.17) is 11.5 Å². The van der Waals surface area contributed by atoms with E-state index in [1.807, 2.05) is 30.3 Å². The van der Waals surface area contributed by atoms with Crippen LogP contribution in [-0.4, -0.2) is 13.1 Å². The standard InChI is InChI=1S/C21H35N3/c1-18-13-9-10-14-20(18)21(23)17-19(2)24-16-12-8-6-4-3-5-7-11-15-22/h9-10,13-14,17,24H,1,3-8,11-12,15-16,22-23H2,2H3/b19-17-,21-20+. The third-order valence-corrected chi connectivity index (χ3v) is 4.24. The Hall–Kier alpha value is -1.74. The van der Waals surface area contributed by atoms with Crippen LogP contribution in [0.5, 0.6) is 0 Å². The van der Waals surface area contributed by atoms with Crippen molar-refractivity contribution in [2.45, 2.75) is 58.3 Å². The van der Waals surface area contributed by atoms with E-state index in [1.54, 1.807) is 0 Å². The first kappa shape index (κ1) is 20.3. The van der Waals surface area contributed by atoms with Crippen LogP contribution in [0.1, 0.15) is 58.3 Å². The minimum atomic E-state index is 0.767. The molecule has 0 fully saturated rings. The molecule has 0 aliphatic carbocycles. The van der Waals surface area contributed by atoms with Crippen molar-refractivity contribution in [3.63, 3.8) is 0 Å². The molecule has 3 heteroatoms. The van der Waals surface area contributed by atoms with Gasteiger partial charge in [-0.2, -0.15) is 0 Å². The minimum Gasteiger partial charge on any atom is -0.398 e. The van der Waals surface area contributed by atoms with Gasteiger partial charge in [0.15, 0.2) is 0 Å². The van der Waals surface area contributed by atoms with Crippen LogP contribution in [0, 0.1) is 0 Å². The summed E-state index contributed by atoms with van der Waals surface area (Å²) in [5.74, 6) is 0. The highest BCUT2D eigenvalue weighted by Gasteiger charge is 1.94. The van der Waals surface area contributed by atoms with Crippen LogP contribution in [0.3, 0.4) is 0 Å². The number of nitrogens with one attached hydrogen (secondary N) is 1. The summed E-state index contributed by atoms with van der Waals surface area (Å²) in [6, 6.07) is 7.96. The molecule has 0 spiro atoms. The molecule has 1 aromatic carbocycles. The molecule has 0 aliphatic rings. The number of hydrogen-bond acceptors (Lipinski definition) is 3. The van der Waals surface area contributed by atoms with Gasteiger partial charge in [-0.25, -0.2) is 0 Å². The van der Waals surface area contributed by atoms with Crippen LogP contribution >= 0.6 is 0 Å². The number of allylic oxidation sites excluding steroid dienone is 1. The van der Waals surface area contributed by atoms with E-state index in [9.17, 15) is 0 Å². The smallest absolute Gasteiger partial charge is 0.0410 e. The molecule has 134 valence electrons. The topological polar surface area (TPSA) is 64.1 Å². The van der Waals surface area contributed by atoms with Crippen molar-refractivity contribution in [2.24, 2.45) is 11.5 Å². The van der Waals surface area contributed by atoms with E-state index in [2.05, 4.69) is 18.8 Å². The first-order chi connectivity index (χ1) is 11.6. The molecule has 0 saturated heterocycles. The molecule has 0 amide bonds. The summed E-state index contributed by atoms with van der Waals surface area (Å²) in [7, 11) is 0. The number of benzene rings is 1. The van der Waals surface area contributed by atoms with Crippen molar-refractivity contribution in [1.29, 1.82) is 0 Å². The molecule has 0 unspecified atom stereocenters. The van der Waals surface area contributed by atoms with Gasteiger partial charge in [-0.15, -0.1) is 0 Å². The SMILES string of the molecule is C=c1cccc/c1=C(N)/C=C(/C)NCCCCCCCCCCN. The fourth-order valence-electron chi connectivity index (χ4n) is 2.78. The second kappa shape index (κ2) is 12.7. The lowest BCUT2D eigenvalue weighted by atomic mass is 10.1. The van der Waals surface area contributed by atoms with E-state index < -0.39 is 0 Å².